The molecule has 1 aromatic rings. The van der Waals surface area contributed by atoms with Crippen molar-refractivity contribution >= 4 is 0 Å². The molecular formula is C17H25NO. The monoisotopic (exact) mass is 259 g/mol. The number of fused-ring (bicyclic) bond motifs is 1. The summed E-state index contributed by atoms with van der Waals surface area (Å²) in [6.07, 6.45) is 5.46. The Kier molecular flexibility index (Phi) is 3.64. The zero-order chi connectivity index (χ0) is 13.3. The van der Waals surface area contributed by atoms with E-state index in [2.05, 4.69) is 36.5 Å². The van der Waals surface area contributed by atoms with E-state index in [0.29, 0.717) is 5.92 Å². The summed E-state index contributed by atoms with van der Waals surface area (Å²) in [6, 6.07) is 8.71. The minimum Gasteiger partial charge on any atom is -0.389 e. The van der Waals surface area contributed by atoms with E-state index in [9.17, 15) is 5.11 Å². The predicted octanol–water partition coefficient (Wildman–Crippen LogP) is 2.86. The SMILES string of the molecule is CC1CCC(O)(CNCC2Cc3ccccc32)CC1. The van der Waals surface area contributed by atoms with Crippen molar-refractivity contribution in [3.8, 4) is 0 Å². The second kappa shape index (κ2) is 5.26. The van der Waals surface area contributed by atoms with Gasteiger partial charge in [-0.2, -0.15) is 0 Å². The van der Waals surface area contributed by atoms with Crippen molar-refractivity contribution in [2.75, 3.05) is 13.1 Å². The van der Waals surface area contributed by atoms with Crippen molar-refractivity contribution in [3.63, 3.8) is 0 Å². The molecule has 104 valence electrons. The first-order valence-electron chi connectivity index (χ1n) is 7.67. The summed E-state index contributed by atoms with van der Waals surface area (Å²) in [5.41, 5.74) is 2.55. The van der Waals surface area contributed by atoms with Crippen LogP contribution in [0.2, 0.25) is 0 Å². The van der Waals surface area contributed by atoms with Gasteiger partial charge in [0.25, 0.3) is 0 Å². The van der Waals surface area contributed by atoms with Gasteiger partial charge in [0.15, 0.2) is 0 Å². The zero-order valence-electron chi connectivity index (χ0n) is 11.9. The normalized spacial score (nSPS) is 33.6. The van der Waals surface area contributed by atoms with E-state index in [-0.39, 0.29) is 0 Å². The molecule has 2 aliphatic carbocycles. The van der Waals surface area contributed by atoms with Crippen molar-refractivity contribution in [1.29, 1.82) is 0 Å². The molecule has 2 heteroatoms. The highest BCUT2D eigenvalue weighted by molar-refractivity contribution is 5.40. The minimum absolute atomic E-state index is 0.449. The molecule has 0 radical (unpaired) electrons. The Balaban J connectivity index is 1.45. The zero-order valence-corrected chi connectivity index (χ0v) is 11.9. The molecule has 0 saturated heterocycles. The second-order valence-corrected chi connectivity index (χ2v) is 6.64. The average Bonchev–Trinajstić information content (AvgIpc) is 2.39. The van der Waals surface area contributed by atoms with Crippen LogP contribution in [0.1, 0.15) is 49.7 Å². The lowest BCUT2D eigenvalue weighted by Gasteiger charge is -2.36. The Labute approximate surface area is 116 Å². The first kappa shape index (κ1) is 13.1. The van der Waals surface area contributed by atoms with E-state index >= 15 is 0 Å². The lowest BCUT2D eigenvalue weighted by molar-refractivity contribution is -0.00626. The first-order valence-corrected chi connectivity index (χ1v) is 7.67. The largest absolute Gasteiger partial charge is 0.389 e. The molecule has 2 aliphatic rings. The highest BCUT2D eigenvalue weighted by atomic mass is 16.3. The molecule has 2 N–H and O–H groups in total. The molecule has 19 heavy (non-hydrogen) atoms. The Morgan fingerprint density at radius 3 is 2.74 bits per heavy atom. The van der Waals surface area contributed by atoms with Crippen LogP contribution in [0.5, 0.6) is 0 Å². The summed E-state index contributed by atoms with van der Waals surface area (Å²) in [7, 11) is 0. The molecule has 0 spiro atoms. The van der Waals surface area contributed by atoms with Gasteiger partial charge in [-0.25, -0.2) is 0 Å². The third-order valence-electron chi connectivity index (χ3n) is 5.01. The summed E-state index contributed by atoms with van der Waals surface area (Å²) in [6.45, 7) is 4.06. The Hall–Kier alpha value is -0.860. The molecule has 0 aromatic heterocycles. The molecule has 2 nitrogen and oxygen atoms in total. The third kappa shape index (κ3) is 2.85. The fraction of sp³-hybridized carbons (Fsp3) is 0.647. The van der Waals surface area contributed by atoms with Gasteiger partial charge in [-0.3, -0.25) is 0 Å². The molecule has 3 rings (SSSR count). The highest BCUT2D eigenvalue weighted by Gasteiger charge is 2.32. The van der Waals surface area contributed by atoms with Gasteiger partial charge in [0.05, 0.1) is 5.60 Å². The molecule has 0 bridgehead atoms. The number of nitrogens with one attached hydrogen (secondary N) is 1. The summed E-state index contributed by atoms with van der Waals surface area (Å²) in [5.74, 6) is 1.45. The van der Waals surface area contributed by atoms with Gasteiger partial charge < -0.3 is 10.4 Å². The maximum Gasteiger partial charge on any atom is 0.0771 e. The fourth-order valence-corrected chi connectivity index (χ4v) is 3.50. The van der Waals surface area contributed by atoms with Crippen LogP contribution in [0.25, 0.3) is 0 Å². The van der Waals surface area contributed by atoms with Crippen LogP contribution in [0.3, 0.4) is 0 Å². The van der Waals surface area contributed by atoms with Crippen molar-refractivity contribution in [2.24, 2.45) is 5.92 Å². The van der Waals surface area contributed by atoms with Gasteiger partial charge in [-0.15, -0.1) is 0 Å². The molecule has 1 saturated carbocycles. The fourth-order valence-electron chi connectivity index (χ4n) is 3.50. The number of rotatable bonds is 4. The van der Waals surface area contributed by atoms with E-state index in [0.717, 1.165) is 31.8 Å². The third-order valence-corrected chi connectivity index (χ3v) is 5.01. The number of benzene rings is 1. The van der Waals surface area contributed by atoms with Crippen LogP contribution < -0.4 is 5.32 Å². The Morgan fingerprint density at radius 2 is 2.00 bits per heavy atom. The van der Waals surface area contributed by atoms with Gasteiger partial charge in [0.2, 0.25) is 0 Å². The molecule has 0 amide bonds. The first-order chi connectivity index (χ1) is 9.16. The number of hydrogen-bond acceptors (Lipinski definition) is 2. The Morgan fingerprint density at radius 1 is 1.26 bits per heavy atom. The maximum absolute atomic E-state index is 10.5. The van der Waals surface area contributed by atoms with E-state index in [1.54, 1.807) is 0 Å². The van der Waals surface area contributed by atoms with E-state index < -0.39 is 5.60 Å². The van der Waals surface area contributed by atoms with Gasteiger partial charge in [-0.1, -0.05) is 31.2 Å². The van der Waals surface area contributed by atoms with Gasteiger partial charge in [0.1, 0.15) is 0 Å². The molecular weight excluding hydrogens is 234 g/mol. The standard InChI is InChI=1S/C17H25NO/c1-13-6-8-17(19,9-7-13)12-18-11-15-10-14-4-2-3-5-16(14)15/h2-5,13,15,18-19H,6-12H2,1H3. The van der Waals surface area contributed by atoms with Crippen LogP contribution in [0.4, 0.5) is 0 Å². The van der Waals surface area contributed by atoms with Crippen LogP contribution in [-0.4, -0.2) is 23.8 Å². The smallest absolute Gasteiger partial charge is 0.0771 e. The lowest BCUT2D eigenvalue weighted by atomic mass is 9.77. The maximum atomic E-state index is 10.5. The van der Waals surface area contributed by atoms with E-state index in [1.165, 1.54) is 30.4 Å². The summed E-state index contributed by atoms with van der Waals surface area (Å²) in [4.78, 5) is 0. The van der Waals surface area contributed by atoms with Crippen LogP contribution >= 0.6 is 0 Å². The topological polar surface area (TPSA) is 32.3 Å². The minimum atomic E-state index is -0.449. The predicted molar refractivity (Wildman–Crippen MR) is 78.3 cm³/mol. The van der Waals surface area contributed by atoms with Gasteiger partial charge in [-0.05, 0) is 49.1 Å². The van der Waals surface area contributed by atoms with Gasteiger partial charge >= 0.3 is 0 Å². The molecule has 1 unspecified atom stereocenters. The number of aliphatic hydroxyl groups is 1. The summed E-state index contributed by atoms with van der Waals surface area (Å²) < 4.78 is 0. The van der Waals surface area contributed by atoms with E-state index in [1.807, 2.05) is 0 Å². The summed E-state index contributed by atoms with van der Waals surface area (Å²) >= 11 is 0. The quantitative estimate of drug-likeness (QED) is 0.871. The average molecular weight is 259 g/mol. The van der Waals surface area contributed by atoms with Crippen molar-refractivity contribution in [3.05, 3.63) is 35.4 Å². The second-order valence-electron chi connectivity index (χ2n) is 6.64. The van der Waals surface area contributed by atoms with Crippen molar-refractivity contribution in [2.45, 2.75) is 50.5 Å². The van der Waals surface area contributed by atoms with Crippen molar-refractivity contribution in [1.82, 2.24) is 5.32 Å². The number of hydrogen-bond donors (Lipinski definition) is 2. The van der Waals surface area contributed by atoms with Gasteiger partial charge in [0, 0.05) is 19.0 Å². The molecule has 1 aromatic carbocycles. The van der Waals surface area contributed by atoms with Crippen LogP contribution in [0.15, 0.2) is 24.3 Å². The van der Waals surface area contributed by atoms with Crippen LogP contribution in [0, 0.1) is 5.92 Å². The highest BCUT2D eigenvalue weighted by Crippen LogP contribution is 2.35. The summed E-state index contributed by atoms with van der Waals surface area (Å²) in [5, 5.41) is 14.0. The lowest BCUT2D eigenvalue weighted by Crippen LogP contribution is -2.45. The molecule has 1 atom stereocenters. The van der Waals surface area contributed by atoms with Crippen LogP contribution in [-0.2, 0) is 6.42 Å². The Bertz CT molecular complexity index is 435. The molecule has 0 heterocycles. The van der Waals surface area contributed by atoms with E-state index in [4.69, 9.17) is 0 Å². The van der Waals surface area contributed by atoms with Crippen molar-refractivity contribution < 1.29 is 5.11 Å². The molecule has 1 fully saturated rings. The molecule has 0 aliphatic heterocycles.